The Balaban J connectivity index is 2.50. The van der Waals surface area contributed by atoms with Gasteiger partial charge in [-0.25, -0.2) is 0 Å². The maximum absolute atomic E-state index is 5.74. The van der Waals surface area contributed by atoms with Crippen molar-refractivity contribution < 1.29 is 0 Å². The number of rotatable bonds is 4. The van der Waals surface area contributed by atoms with Gasteiger partial charge in [-0.2, -0.15) is 5.10 Å². The molecule has 0 bridgehead atoms. The highest BCUT2D eigenvalue weighted by Crippen LogP contribution is 2.31. The molecule has 1 heterocycles. The van der Waals surface area contributed by atoms with E-state index in [1.807, 2.05) is 18.7 Å². The first-order valence-corrected chi connectivity index (χ1v) is 6.99. The Morgan fingerprint density at radius 1 is 1.25 bits per heavy atom. The molecular weight excluding hydrogens is 248 g/mol. The Bertz CT molecular complexity index is 613. The van der Waals surface area contributed by atoms with Crippen LogP contribution >= 0.6 is 0 Å². The molecule has 0 saturated carbocycles. The summed E-state index contributed by atoms with van der Waals surface area (Å²) in [5.41, 5.74) is 11.8. The van der Waals surface area contributed by atoms with Gasteiger partial charge < -0.3 is 10.6 Å². The summed E-state index contributed by atoms with van der Waals surface area (Å²) in [7, 11) is 4.08. The van der Waals surface area contributed by atoms with Crippen LogP contribution in [0, 0.1) is 20.8 Å². The Kier molecular flexibility index (Phi) is 4.14. The summed E-state index contributed by atoms with van der Waals surface area (Å²) in [5.74, 6) is 1.12. The highest BCUT2D eigenvalue weighted by Gasteiger charge is 2.18. The van der Waals surface area contributed by atoms with E-state index in [-0.39, 0.29) is 0 Å². The smallest absolute Gasteiger partial charge is 0.134 e. The molecule has 0 spiro atoms. The lowest BCUT2D eigenvalue weighted by Gasteiger charge is -2.23. The van der Waals surface area contributed by atoms with Crippen LogP contribution in [0.25, 0.3) is 0 Å². The lowest BCUT2D eigenvalue weighted by molar-refractivity contribution is 0.750. The quantitative estimate of drug-likeness (QED) is 0.930. The average Bonchev–Trinajstić information content (AvgIpc) is 2.64. The van der Waals surface area contributed by atoms with E-state index in [1.165, 1.54) is 22.4 Å². The van der Waals surface area contributed by atoms with E-state index in [9.17, 15) is 0 Å². The van der Waals surface area contributed by atoms with E-state index in [1.54, 1.807) is 0 Å². The van der Waals surface area contributed by atoms with Gasteiger partial charge in [0.05, 0.1) is 5.69 Å². The third-order valence-electron chi connectivity index (χ3n) is 3.74. The van der Waals surface area contributed by atoms with Crippen molar-refractivity contribution in [1.82, 2.24) is 9.78 Å². The van der Waals surface area contributed by atoms with Crippen LogP contribution in [0.4, 0.5) is 11.5 Å². The molecule has 4 nitrogen and oxygen atoms in total. The fourth-order valence-electron chi connectivity index (χ4n) is 2.84. The number of aromatic nitrogens is 2. The van der Waals surface area contributed by atoms with Crippen molar-refractivity contribution in [2.45, 2.75) is 27.2 Å². The summed E-state index contributed by atoms with van der Waals surface area (Å²) in [6.45, 7) is 6.94. The van der Waals surface area contributed by atoms with Crippen LogP contribution < -0.4 is 10.6 Å². The first-order valence-electron chi connectivity index (χ1n) is 6.99. The molecular formula is C16H24N4. The number of hydrogen-bond acceptors (Lipinski definition) is 3. The maximum Gasteiger partial charge on any atom is 0.134 e. The first-order chi connectivity index (χ1) is 9.45. The second kappa shape index (κ2) is 5.67. The van der Waals surface area contributed by atoms with Crippen molar-refractivity contribution in [1.29, 1.82) is 0 Å². The Morgan fingerprint density at radius 3 is 2.55 bits per heavy atom. The molecule has 0 atom stereocenters. The predicted molar refractivity (Wildman–Crippen MR) is 84.7 cm³/mol. The van der Waals surface area contributed by atoms with E-state index in [0.29, 0.717) is 6.54 Å². The fourth-order valence-corrected chi connectivity index (χ4v) is 2.84. The van der Waals surface area contributed by atoms with Gasteiger partial charge in [0.25, 0.3) is 0 Å². The number of hydrogen-bond donors (Lipinski definition) is 1. The van der Waals surface area contributed by atoms with Gasteiger partial charge in [0.1, 0.15) is 5.82 Å². The van der Waals surface area contributed by atoms with Crippen molar-refractivity contribution >= 4 is 11.5 Å². The predicted octanol–water partition coefficient (Wildman–Crippen LogP) is 2.61. The molecule has 0 aliphatic heterocycles. The van der Waals surface area contributed by atoms with Crippen LogP contribution in [0.1, 0.15) is 22.4 Å². The van der Waals surface area contributed by atoms with Crippen LogP contribution in [0.3, 0.4) is 0 Å². The van der Waals surface area contributed by atoms with Gasteiger partial charge in [-0.05, 0) is 45.4 Å². The maximum atomic E-state index is 5.74. The molecule has 0 fully saturated rings. The summed E-state index contributed by atoms with van der Waals surface area (Å²) in [5, 5.41) is 4.54. The van der Waals surface area contributed by atoms with E-state index in [0.717, 1.165) is 17.9 Å². The summed E-state index contributed by atoms with van der Waals surface area (Å²) in [6.07, 6.45) is 0.851. The highest BCUT2D eigenvalue weighted by atomic mass is 15.4. The highest BCUT2D eigenvalue weighted by molar-refractivity contribution is 5.66. The molecule has 0 aliphatic carbocycles. The number of nitrogens with zero attached hydrogens (tertiary/aromatic N) is 3. The van der Waals surface area contributed by atoms with Gasteiger partial charge >= 0.3 is 0 Å². The minimum atomic E-state index is 0.639. The van der Waals surface area contributed by atoms with Crippen molar-refractivity contribution in [3.8, 4) is 0 Å². The Morgan fingerprint density at radius 2 is 1.95 bits per heavy atom. The van der Waals surface area contributed by atoms with Crippen LogP contribution in [0.15, 0.2) is 18.2 Å². The van der Waals surface area contributed by atoms with E-state index in [2.05, 4.69) is 49.1 Å². The van der Waals surface area contributed by atoms with Gasteiger partial charge in [0, 0.05) is 25.3 Å². The topological polar surface area (TPSA) is 47.1 Å². The van der Waals surface area contributed by atoms with E-state index in [4.69, 9.17) is 5.73 Å². The van der Waals surface area contributed by atoms with Crippen LogP contribution in [-0.2, 0) is 13.5 Å². The van der Waals surface area contributed by atoms with Crippen molar-refractivity contribution in [2.75, 3.05) is 18.5 Å². The van der Waals surface area contributed by atoms with Gasteiger partial charge in [-0.1, -0.05) is 17.7 Å². The SMILES string of the molecule is Cc1ccc(N(C)c2c(CCN)c(C)nn2C)c(C)c1. The van der Waals surface area contributed by atoms with Crippen LogP contribution in [-0.4, -0.2) is 23.4 Å². The van der Waals surface area contributed by atoms with Crippen LogP contribution in [0.2, 0.25) is 0 Å². The molecule has 20 heavy (non-hydrogen) atoms. The molecule has 0 unspecified atom stereocenters. The van der Waals surface area contributed by atoms with Gasteiger partial charge in [0.2, 0.25) is 0 Å². The van der Waals surface area contributed by atoms with Crippen molar-refractivity contribution in [3.05, 3.63) is 40.6 Å². The molecule has 0 aliphatic rings. The third kappa shape index (κ3) is 2.56. The molecule has 2 rings (SSSR count). The fraction of sp³-hybridized carbons (Fsp3) is 0.438. The second-order valence-electron chi connectivity index (χ2n) is 5.40. The number of nitrogens with two attached hydrogens (primary N) is 1. The zero-order valence-corrected chi connectivity index (χ0v) is 13.1. The zero-order valence-electron chi connectivity index (χ0n) is 13.1. The van der Waals surface area contributed by atoms with Crippen molar-refractivity contribution in [3.63, 3.8) is 0 Å². The Hall–Kier alpha value is -1.81. The largest absolute Gasteiger partial charge is 0.330 e. The van der Waals surface area contributed by atoms with Gasteiger partial charge in [-0.3, -0.25) is 4.68 Å². The first kappa shape index (κ1) is 14.6. The number of anilines is 2. The van der Waals surface area contributed by atoms with Gasteiger partial charge in [-0.15, -0.1) is 0 Å². The standard InChI is InChI=1S/C16H24N4/c1-11-6-7-15(12(2)10-11)19(4)16-14(8-9-17)13(3)18-20(16)5/h6-7,10H,8-9,17H2,1-5H3. The monoisotopic (exact) mass is 272 g/mol. The molecule has 4 heteroatoms. The lowest BCUT2D eigenvalue weighted by Crippen LogP contribution is -2.17. The van der Waals surface area contributed by atoms with E-state index < -0.39 is 0 Å². The third-order valence-corrected chi connectivity index (χ3v) is 3.74. The molecule has 0 amide bonds. The molecule has 1 aromatic heterocycles. The minimum Gasteiger partial charge on any atom is -0.330 e. The number of aryl methyl sites for hydroxylation is 4. The van der Waals surface area contributed by atoms with E-state index >= 15 is 0 Å². The summed E-state index contributed by atoms with van der Waals surface area (Å²) in [4.78, 5) is 2.21. The molecule has 2 aromatic rings. The van der Waals surface area contributed by atoms with Crippen molar-refractivity contribution in [2.24, 2.45) is 12.8 Å². The Labute approximate surface area is 121 Å². The molecule has 1 aromatic carbocycles. The number of benzene rings is 1. The second-order valence-corrected chi connectivity index (χ2v) is 5.40. The average molecular weight is 272 g/mol. The molecule has 0 radical (unpaired) electrons. The zero-order chi connectivity index (χ0) is 14.9. The van der Waals surface area contributed by atoms with Crippen LogP contribution in [0.5, 0.6) is 0 Å². The summed E-state index contributed by atoms with van der Waals surface area (Å²) >= 11 is 0. The lowest BCUT2D eigenvalue weighted by atomic mass is 10.1. The molecule has 2 N–H and O–H groups in total. The molecule has 108 valence electrons. The normalized spacial score (nSPS) is 10.9. The summed E-state index contributed by atoms with van der Waals surface area (Å²) < 4.78 is 1.94. The minimum absolute atomic E-state index is 0.639. The molecule has 0 saturated heterocycles. The van der Waals surface area contributed by atoms with Gasteiger partial charge in [0.15, 0.2) is 0 Å². The summed E-state index contributed by atoms with van der Waals surface area (Å²) in [6, 6.07) is 6.52.